The Bertz CT molecular complexity index is 1110. The zero-order valence-electron chi connectivity index (χ0n) is 18.0. The molecule has 8 nitrogen and oxygen atoms in total. The zero-order valence-corrected chi connectivity index (χ0v) is 18.0. The quantitative estimate of drug-likeness (QED) is 0.618. The number of halogens is 1. The molecule has 0 saturated heterocycles. The van der Waals surface area contributed by atoms with E-state index in [1.807, 2.05) is 13.0 Å². The lowest BCUT2D eigenvalue weighted by molar-refractivity contribution is 0.0942. The number of nitriles is 1. The van der Waals surface area contributed by atoms with Crippen LogP contribution in [0.1, 0.15) is 48.8 Å². The van der Waals surface area contributed by atoms with Crippen molar-refractivity contribution in [3.05, 3.63) is 76.1 Å². The van der Waals surface area contributed by atoms with Gasteiger partial charge in [-0.25, -0.2) is 9.37 Å². The second-order valence-corrected chi connectivity index (χ2v) is 6.18. The highest BCUT2D eigenvalue weighted by Crippen LogP contribution is 2.14. The van der Waals surface area contributed by atoms with Crippen LogP contribution in [0.3, 0.4) is 0 Å². The van der Waals surface area contributed by atoms with Crippen LogP contribution in [0.4, 0.5) is 4.39 Å². The van der Waals surface area contributed by atoms with Crippen LogP contribution in [0.5, 0.6) is 5.75 Å². The Labute approximate surface area is 180 Å². The summed E-state index contributed by atoms with van der Waals surface area (Å²) in [6.07, 6.45) is 4.31. The summed E-state index contributed by atoms with van der Waals surface area (Å²) in [4.78, 5) is 28.9. The molecule has 9 heteroatoms. The molecule has 0 spiro atoms. The van der Waals surface area contributed by atoms with Gasteiger partial charge in [0, 0.05) is 12.7 Å². The molecule has 0 atom stereocenters. The van der Waals surface area contributed by atoms with Crippen LogP contribution in [0, 0.1) is 17.1 Å². The van der Waals surface area contributed by atoms with Crippen molar-refractivity contribution < 1.29 is 13.9 Å². The molecular weight excluding hydrogens is 401 g/mol. The summed E-state index contributed by atoms with van der Waals surface area (Å²) >= 11 is 0. The van der Waals surface area contributed by atoms with Crippen molar-refractivity contribution in [1.82, 2.24) is 19.9 Å². The minimum absolute atomic E-state index is 0.0280. The average Bonchev–Trinajstić information content (AvgIpc) is 3.17. The lowest BCUT2D eigenvalue weighted by Gasteiger charge is -2.09. The van der Waals surface area contributed by atoms with E-state index in [4.69, 9.17) is 10.00 Å². The molecule has 1 amide bonds. The third-order valence-corrected chi connectivity index (χ3v) is 3.53. The molecule has 0 saturated carbocycles. The van der Waals surface area contributed by atoms with Crippen molar-refractivity contribution in [2.24, 2.45) is 0 Å². The van der Waals surface area contributed by atoms with Crippen LogP contribution in [0.2, 0.25) is 0 Å². The van der Waals surface area contributed by atoms with Gasteiger partial charge in [0.05, 0.1) is 7.11 Å². The first-order valence-electron chi connectivity index (χ1n) is 9.56. The van der Waals surface area contributed by atoms with Crippen molar-refractivity contribution in [3.8, 4) is 11.8 Å². The number of benzene rings is 1. The van der Waals surface area contributed by atoms with E-state index in [-0.39, 0.29) is 35.0 Å². The molecule has 3 rings (SSSR count). The molecule has 0 radical (unpaired) electrons. The van der Waals surface area contributed by atoms with E-state index < -0.39 is 11.5 Å². The summed E-state index contributed by atoms with van der Waals surface area (Å²) in [6, 6.07) is 7.49. The fourth-order valence-corrected chi connectivity index (χ4v) is 2.29. The molecule has 31 heavy (non-hydrogen) atoms. The average molecular weight is 427 g/mol. The van der Waals surface area contributed by atoms with E-state index in [1.165, 1.54) is 44.0 Å². The first-order valence-corrected chi connectivity index (χ1v) is 9.56. The lowest BCUT2D eigenvalue weighted by Crippen LogP contribution is -2.28. The summed E-state index contributed by atoms with van der Waals surface area (Å²) in [7, 11) is 1.25. The van der Waals surface area contributed by atoms with Gasteiger partial charge in [-0.2, -0.15) is 9.78 Å². The molecule has 2 aromatic heterocycles. The van der Waals surface area contributed by atoms with Gasteiger partial charge in [-0.1, -0.05) is 38.5 Å². The number of methoxy groups -OCH3 is 1. The molecule has 2 N–H and O–H groups in total. The van der Waals surface area contributed by atoms with Gasteiger partial charge < -0.3 is 10.1 Å². The summed E-state index contributed by atoms with van der Waals surface area (Å²) in [5.74, 6) is -1.28. The van der Waals surface area contributed by atoms with Gasteiger partial charge in [-0.15, -0.1) is 6.58 Å². The number of carbonyl (C=O) groups excluding carboxylic acids is 1. The van der Waals surface area contributed by atoms with Crippen molar-refractivity contribution in [2.75, 3.05) is 7.11 Å². The van der Waals surface area contributed by atoms with Gasteiger partial charge in [-0.05, 0) is 24.6 Å². The Morgan fingerprint density at radius 1 is 1.39 bits per heavy atom. The van der Waals surface area contributed by atoms with Gasteiger partial charge >= 0.3 is 5.56 Å². The predicted molar refractivity (Wildman–Crippen MR) is 116 cm³/mol. The number of aromatic nitrogens is 3. The number of hydrogen-bond donors (Lipinski definition) is 2. The first-order chi connectivity index (χ1) is 14.9. The maximum atomic E-state index is 12.9. The van der Waals surface area contributed by atoms with Crippen LogP contribution < -0.4 is 15.6 Å². The summed E-state index contributed by atoms with van der Waals surface area (Å²) in [6.45, 7) is 9.61. The van der Waals surface area contributed by atoms with Crippen LogP contribution in [-0.2, 0) is 6.54 Å². The zero-order chi connectivity index (χ0) is 23.4. The van der Waals surface area contributed by atoms with Gasteiger partial charge in [0.25, 0.3) is 5.91 Å². The van der Waals surface area contributed by atoms with Crippen LogP contribution >= 0.6 is 0 Å². The van der Waals surface area contributed by atoms with E-state index in [1.54, 1.807) is 6.08 Å². The van der Waals surface area contributed by atoms with Crippen LogP contribution in [0.15, 0.2) is 47.9 Å². The summed E-state index contributed by atoms with van der Waals surface area (Å²) in [5, 5.41) is 14.2. The highest BCUT2D eigenvalue weighted by atomic mass is 19.1. The Morgan fingerprint density at radius 3 is 2.48 bits per heavy atom. The first kappa shape index (κ1) is 25.1. The smallest absolute Gasteiger partial charge is 0.315 e. The number of nitrogens with zero attached hydrogens (tertiary/aromatic N) is 3. The highest BCUT2D eigenvalue weighted by Gasteiger charge is 2.22. The fraction of sp³-hybridized carbons (Fsp3) is 0.273. The van der Waals surface area contributed by atoms with Crippen LogP contribution in [0.25, 0.3) is 5.65 Å². The second-order valence-electron chi connectivity index (χ2n) is 6.18. The van der Waals surface area contributed by atoms with E-state index in [0.29, 0.717) is 5.56 Å². The van der Waals surface area contributed by atoms with Crippen molar-refractivity contribution >= 4 is 11.6 Å². The van der Waals surface area contributed by atoms with Gasteiger partial charge in [0.1, 0.15) is 17.4 Å². The number of amides is 1. The molecule has 1 aromatic carbocycles. The van der Waals surface area contributed by atoms with E-state index in [0.717, 1.165) is 4.52 Å². The Morgan fingerprint density at radius 2 is 1.97 bits per heavy atom. The number of aromatic amines is 1. The molecule has 0 unspecified atom stereocenters. The largest absolute Gasteiger partial charge is 0.489 e. The lowest BCUT2D eigenvalue weighted by atomic mass is 10.2. The van der Waals surface area contributed by atoms with Gasteiger partial charge in [0.2, 0.25) is 5.75 Å². The molecular formula is C22H26FN5O3. The minimum atomic E-state index is -0.647. The number of H-pyrrole nitrogens is 1. The Balaban J connectivity index is 0.000000720. The molecule has 2 heterocycles. The molecule has 0 aliphatic heterocycles. The molecule has 164 valence electrons. The maximum Gasteiger partial charge on any atom is 0.315 e. The van der Waals surface area contributed by atoms with Crippen molar-refractivity contribution in [3.63, 3.8) is 0 Å². The van der Waals surface area contributed by atoms with Crippen molar-refractivity contribution in [1.29, 1.82) is 5.26 Å². The summed E-state index contributed by atoms with van der Waals surface area (Å²) < 4.78 is 18.9. The number of hydrogen-bond acceptors (Lipinski definition) is 5. The minimum Gasteiger partial charge on any atom is -0.489 e. The summed E-state index contributed by atoms with van der Waals surface area (Å²) in [5.41, 5.74) is -0.0508. The van der Waals surface area contributed by atoms with E-state index in [9.17, 15) is 14.0 Å². The molecule has 0 bridgehead atoms. The van der Waals surface area contributed by atoms with E-state index >= 15 is 0 Å². The number of allylic oxidation sites excluding steroid dienone is 1. The number of ether oxygens (including phenoxy) is 1. The monoisotopic (exact) mass is 427 g/mol. The number of rotatable bonds is 4. The maximum absolute atomic E-state index is 12.9. The van der Waals surface area contributed by atoms with E-state index in [2.05, 4.69) is 35.8 Å². The molecule has 3 aromatic rings. The molecule has 0 fully saturated rings. The molecule has 0 aliphatic carbocycles. The van der Waals surface area contributed by atoms with Crippen molar-refractivity contribution in [2.45, 2.75) is 33.7 Å². The normalized spacial score (nSPS) is 9.42. The van der Waals surface area contributed by atoms with Gasteiger partial charge in [-0.3, -0.25) is 14.7 Å². The Kier molecular flexibility index (Phi) is 10.2. The predicted octanol–water partition coefficient (Wildman–Crippen LogP) is 3.58. The fourth-order valence-electron chi connectivity index (χ4n) is 2.29. The standard InChI is InChI=1S/C16H12FN5O3.C3H8.C3H6/c1-25-13-12(15(23)19-7-9-2-4-11(17)5-3-9)21-14-10(6-18)8-20-22(14)16(13)24;2*1-3-2/h2-5,8,20H,7H2,1H3,(H,19,23);3H2,1-2H3;3H,1H2,2H3. The molecule has 0 aliphatic rings. The third-order valence-electron chi connectivity index (χ3n) is 3.53. The number of fused-ring (bicyclic) bond motifs is 1. The number of carbonyl (C=O) groups is 1. The number of nitrogens with one attached hydrogen (secondary N) is 2. The third kappa shape index (κ3) is 6.54. The second kappa shape index (κ2) is 12.6. The van der Waals surface area contributed by atoms with Crippen LogP contribution in [-0.4, -0.2) is 27.6 Å². The topological polar surface area (TPSA) is 112 Å². The van der Waals surface area contributed by atoms with Gasteiger partial charge in [0.15, 0.2) is 11.3 Å². The highest BCUT2D eigenvalue weighted by molar-refractivity contribution is 5.95. The SMILES string of the molecule is C=CC.CCC.COc1c(C(=O)NCc2ccc(F)cc2)nc2c(C#N)c[nH]n2c1=O. The Hall–Kier alpha value is -3.93.